The first-order chi connectivity index (χ1) is 9.79. The highest BCUT2D eigenvalue weighted by Crippen LogP contribution is 2.32. The molecule has 112 valence electrons. The Morgan fingerprint density at radius 3 is 2.48 bits per heavy atom. The number of rotatable bonds is 3. The third-order valence-corrected chi connectivity index (χ3v) is 2.58. The van der Waals surface area contributed by atoms with Gasteiger partial charge in [0.15, 0.2) is 5.69 Å². The number of aromatic nitrogens is 2. The van der Waals surface area contributed by atoms with Gasteiger partial charge >= 0.3 is 6.18 Å². The van der Waals surface area contributed by atoms with E-state index in [1.165, 1.54) is 19.2 Å². The topological polar surface area (TPSA) is 47.0 Å². The largest absolute Gasteiger partial charge is 0.438 e. The molecule has 8 heteroatoms. The molecule has 0 saturated heterocycles. The van der Waals surface area contributed by atoms with Crippen LogP contribution in [0, 0.1) is 12.7 Å². The fourth-order valence-corrected chi connectivity index (χ4v) is 1.53. The number of nitrogens with zero attached hydrogens (tertiary/aromatic N) is 2. The summed E-state index contributed by atoms with van der Waals surface area (Å²) in [5.74, 6) is -1.04. The second-order valence-electron chi connectivity index (χ2n) is 4.17. The van der Waals surface area contributed by atoms with Gasteiger partial charge in [-0.25, -0.2) is 9.37 Å². The molecule has 1 aromatic carbocycles. The van der Waals surface area contributed by atoms with Gasteiger partial charge in [-0.15, -0.1) is 0 Å². The molecule has 1 aromatic heterocycles. The van der Waals surface area contributed by atoms with Crippen LogP contribution in [0.2, 0.25) is 0 Å². The van der Waals surface area contributed by atoms with Gasteiger partial charge in [0.1, 0.15) is 11.6 Å². The number of hydrogen-bond acceptors (Lipinski definition) is 4. The van der Waals surface area contributed by atoms with E-state index >= 15 is 0 Å². The minimum absolute atomic E-state index is 0.0869. The van der Waals surface area contributed by atoms with E-state index in [1.807, 2.05) is 0 Å². The van der Waals surface area contributed by atoms with Gasteiger partial charge in [0.25, 0.3) is 0 Å². The molecule has 0 aliphatic heterocycles. The van der Waals surface area contributed by atoms with Crippen molar-refractivity contribution in [1.82, 2.24) is 9.97 Å². The first-order valence-corrected chi connectivity index (χ1v) is 5.87. The molecule has 0 radical (unpaired) electrons. The Kier molecular flexibility index (Phi) is 3.97. The molecular formula is C13H11F4N3O. The molecule has 21 heavy (non-hydrogen) atoms. The summed E-state index contributed by atoms with van der Waals surface area (Å²) in [5, 5.41) is 2.42. The zero-order chi connectivity index (χ0) is 15.6. The van der Waals surface area contributed by atoms with Crippen LogP contribution in [0.3, 0.4) is 0 Å². The number of hydrogen-bond donors (Lipinski definition) is 1. The predicted octanol–water partition coefficient (Wildman–Crippen LogP) is 3.78. The Morgan fingerprint density at radius 2 is 1.86 bits per heavy atom. The molecule has 0 unspecified atom stereocenters. The smallest absolute Gasteiger partial charge is 0.433 e. The van der Waals surface area contributed by atoms with Crippen molar-refractivity contribution < 1.29 is 22.3 Å². The first-order valence-electron chi connectivity index (χ1n) is 5.87. The van der Waals surface area contributed by atoms with Crippen LogP contribution in [0.25, 0.3) is 0 Å². The summed E-state index contributed by atoms with van der Waals surface area (Å²) >= 11 is 0. The van der Waals surface area contributed by atoms with Gasteiger partial charge < -0.3 is 10.1 Å². The van der Waals surface area contributed by atoms with Crippen LogP contribution in [-0.4, -0.2) is 17.0 Å². The lowest BCUT2D eigenvalue weighted by Crippen LogP contribution is -2.11. The van der Waals surface area contributed by atoms with Crippen molar-refractivity contribution >= 4 is 5.95 Å². The number of ether oxygens (including phenoxy) is 1. The van der Waals surface area contributed by atoms with Gasteiger partial charge in [-0.2, -0.15) is 18.2 Å². The minimum atomic E-state index is -4.64. The highest BCUT2D eigenvalue weighted by molar-refractivity contribution is 5.38. The number of aryl methyl sites for hydroxylation is 1. The van der Waals surface area contributed by atoms with Crippen LogP contribution in [0.4, 0.5) is 23.5 Å². The van der Waals surface area contributed by atoms with E-state index in [4.69, 9.17) is 4.74 Å². The Labute approximate surface area is 117 Å². The van der Waals surface area contributed by atoms with Gasteiger partial charge in [-0.3, -0.25) is 0 Å². The number of halogens is 4. The monoisotopic (exact) mass is 301 g/mol. The van der Waals surface area contributed by atoms with Crippen LogP contribution in [0.5, 0.6) is 11.6 Å². The molecule has 1 heterocycles. The lowest BCUT2D eigenvalue weighted by atomic mass is 10.2. The molecular weight excluding hydrogens is 290 g/mol. The van der Waals surface area contributed by atoms with E-state index < -0.39 is 17.7 Å². The molecule has 0 fully saturated rings. The van der Waals surface area contributed by atoms with Crippen LogP contribution in [0.15, 0.2) is 24.3 Å². The lowest BCUT2D eigenvalue weighted by Gasteiger charge is -2.12. The van der Waals surface area contributed by atoms with E-state index in [0.717, 1.165) is 6.07 Å². The predicted molar refractivity (Wildman–Crippen MR) is 67.8 cm³/mol. The first kappa shape index (κ1) is 15.0. The molecule has 0 aliphatic rings. The highest BCUT2D eigenvalue weighted by atomic mass is 19.4. The summed E-state index contributed by atoms with van der Waals surface area (Å²) in [4.78, 5) is 7.07. The van der Waals surface area contributed by atoms with E-state index in [9.17, 15) is 17.6 Å². The van der Waals surface area contributed by atoms with E-state index in [1.54, 1.807) is 6.92 Å². The SMILES string of the molecule is CNc1nc(Oc2cc(F)ccc2C)cc(C(F)(F)F)n1. The average Bonchev–Trinajstić information content (AvgIpc) is 2.41. The van der Waals surface area contributed by atoms with Gasteiger partial charge in [-0.05, 0) is 18.6 Å². The maximum Gasteiger partial charge on any atom is 0.433 e. The summed E-state index contributed by atoms with van der Waals surface area (Å²) < 4.78 is 56.6. The summed E-state index contributed by atoms with van der Waals surface area (Å²) in [6.45, 7) is 1.64. The fraction of sp³-hybridized carbons (Fsp3) is 0.231. The number of alkyl halides is 3. The zero-order valence-electron chi connectivity index (χ0n) is 11.1. The summed E-state index contributed by atoms with van der Waals surface area (Å²) in [5.41, 5.74) is -0.583. The lowest BCUT2D eigenvalue weighted by molar-refractivity contribution is -0.141. The molecule has 2 rings (SSSR count). The summed E-state index contributed by atoms with van der Waals surface area (Å²) in [6.07, 6.45) is -4.64. The number of anilines is 1. The Balaban J connectivity index is 2.42. The Bertz CT molecular complexity index is 658. The van der Waals surface area contributed by atoms with Crippen molar-refractivity contribution in [3.05, 3.63) is 41.3 Å². The normalized spacial score (nSPS) is 11.3. The molecule has 0 saturated carbocycles. The summed E-state index contributed by atoms with van der Waals surface area (Å²) in [6, 6.07) is 4.41. The standard InChI is InChI=1S/C13H11F4N3O/c1-7-3-4-8(14)5-9(7)21-11-6-10(13(15,16)17)19-12(18-2)20-11/h3-6H,1-2H3,(H,18,19,20). The van der Waals surface area contributed by atoms with Crippen molar-refractivity contribution in [2.45, 2.75) is 13.1 Å². The van der Waals surface area contributed by atoms with Crippen molar-refractivity contribution in [3.8, 4) is 11.6 Å². The molecule has 0 bridgehead atoms. The summed E-state index contributed by atoms with van der Waals surface area (Å²) in [7, 11) is 1.38. The van der Waals surface area contributed by atoms with Crippen molar-refractivity contribution in [1.29, 1.82) is 0 Å². The Hall–Kier alpha value is -2.38. The molecule has 2 aromatic rings. The van der Waals surface area contributed by atoms with Crippen LogP contribution < -0.4 is 10.1 Å². The maximum atomic E-state index is 13.2. The van der Waals surface area contributed by atoms with Gasteiger partial charge in [-0.1, -0.05) is 6.07 Å². The Morgan fingerprint density at radius 1 is 1.14 bits per heavy atom. The van der Waals surface area contributed by atoms with Gasteiger partial charge in [0.05, 0.1) is 0 Å². The second kappa shape index (κ2) is 5.55. The van der Waals surface area contributed by atoms with Crippen molar-refractivity contribution in [2.24, 2.45) is 0 Å². The highest BCUT2D eigenvalue weighted by Gasteiger charge is 2.34. The molecule has 1 N–H and O–H groups in total. The number of nitrogens with one attached hydrogen (secondary N) is 1. The maximum absolute atomic E-state index is 13.2. The molecule has 0 spiro atoms. The van der Waals surface area contributed by atoms with E-state index in [-0.39, 0.29) is 17.6 Å². The number of benzene rings is 1. The fourth-order valence-electron chi connectivity index (χ4n) is 1.53. The van der Waals surface area contributed by atoms with Crippen molar-refractivity contribution in [2.75, 3.05) is 12.4 Å². The van der Waals surface area contributed by atoms with Crippen LogP contribution in [-0.2, 0) is 6.18 Å². The molecule has 0 amide bonds. The van der Waals surface area contributed by atoms with Crippen molar-refractivity contribution in [3.63, 3.8) is 0 Å². The van der Waals surface area contributed by atoms with E-state index in [0.29, 0.717) is 11.6 Å². The average molecular weight is 301 g/mol. The van der Waals surface area contributed by atoms with Crippen LogP contribution in [0.1, 0.15) is 11.3 Å². The van der Waals surface area contributed by atoms with Gasteiger partial charge in [0.2, 0.25) is 11.8 Å². The second-order valence-corrected chi connectivity index (χ2v) is 4.17. The molecule has 0 atom stereocenters. The third kappa shape index (κ3) is 3.59. The third-order valence-electron chi connectivity index (χ3n) is 2.58. The van der Waals surface area contributed by atoms with Gasteiger partial charge in [0, 0.05) is 19.2 Å². The van der Waals surface area contributed by atoms with E-state index in [2.05, 4.69) is 15.3 Å². The molecule has 4 nitrogen and oxygen atoms in total. The molecule has 0 aliphatic carbocycles. The zero-order valence-corrected chi connectivity index (χ0v) is 11.1. The minimum Gasteiger partial charge on any atom is -0.438 e. The van der Waals surface area contributed by atoms with Crippen LogP contribution >= 0.6 is 0 Å². The quantitative estimate of drug-likeness (QED) is 0.877.